The predicted molar refractivity (Wildman–Crippen MR) is 78.1 cm³/mol. The first-order valence-corrected chi connectivity index (χ1v) is 7.77. The summed E-state index contributed by atoms with van der Waals surface area (Å²) >= 11 is 0. The van der Waals surface area contributed by atoms with Gasteiger partial charge in [0.05, 0.1) is 5.92 Å². The van der Waals surface area contributed by atoms with Crippen LogP contribution in [0.3, 0.4) is 0 Å². The molecule has 1 rings (SSSR count). The minimum Gasteiger partial charge on any atom is -0.396 e. The van der Waals surface area contributed by atoms with Gasteiger partial charge in [0, 0.05) is 32.2 Å². The molecule has 2 atom stereocenters. The van der Waals surface area contributed by atoms with Crippen molar-refractivity contribution in [3.63, 3.8) is 0 Å². The second-order valence-electron chi connectivity index (χ2n) is 5.70. The highest BCUT2D eigenvalue weighted by Gasteiger charge is 2.28. The molecule has 1 saturated heterocycles. The molecule has 1 heterocycles. The maximum Gasteiger partial charge on any atom is 0.225 e. The van der Waals surface area contributed by atoms with E-state index in [9.17, 15) is 9.59 Å². The highest BCUT2D eigenvalue weighted by Crippen LogP contribution is 2.18. The highest BCUT2D eigenvalue weighted by molar-refractivity contribution is 5.81. The molecule has 1 aliphatic rings. The molecule has 5 nitrogen and oxygen atoms in total. The summed E-state index contributed by atoms with van der Waals surface area (Å²) in [5, 5.41) is 11.8. The number of nitrogens with zero attached hydrogens (tertiary/aromatic N) is 1. The summed E-state index contributed by atoms with van der Waals surface area (Å²) in [6, 6.07) is 0.0800. The Morgan fingerprint density at radius 2 is 2.20 bits per heavy atom. The molecule has 0 aromatic rings. The molecule has 0 spiro atoms. The first kappa shape index (κ1) is 17.0. The van der Waals surface area contributed by atoms with Crippen LogP contribution in [0.25, 0.3) is 0 Å². The number of hydrogen-bond donors (Lipinski definition) is 2. The summed E-state index contributed by atoms with van der Waals surface area (Å²) in [7, 11) is 0. The van der Waals surface area contributed by atoms with E-state index in [1.54, 1.807) is 0 Å². The molecule has 20 heavy (non-hydrogen) atoms. The topological polar surface area (TPSA) is 69.6 Å². The van der Waals surface area contributed by atoms with Crippen LogP contribution in [0, 0.1) is 5.92 Å². The number of aliphatic hydroxyl groups excluding tert-OH is 1. The molecule has 0 aromatic heterocycles. The number of nitrogens with one attached hydrogen (secondary N) is 1. The van der Waals surface area contributed by atoms with Gasteiger partial charge in [-0.05, 0) is 39.0 Å². The van der Waals surface area contributed by atoms with Crippen molar-refractivity contribution in [2.24, 2.45) is 5.92 Å². The van der Waals surface area contributed by atoms with Crippen LogP contribution in [-0.4, -0.2) is 47.6 Å². The Hall–Kier alpha value is -1.10. The van der Waals surface area contributed by atoms with Crippen LogP contribution in [0.1, 0.15) is 52.4 Å². The Balaban J connectivity index is 2.41. The third-order valence-corrected chi connectivity index (χ3v) is 3.79. The Morgan fingerprint density at radius 3 is 2.85 bits per heavy atom. The lowest BCUT2D eigenvalue weighted by atomic mass is 9.96. The smallest absolute Gasteiger partial charge is 0.225 e. The Labute approximate surface area is 121 Å². The van der Waals surface area contributed by atoms with Gasteiger partial charge < -0.3 is 15.3 Å². The maximum absolute atomic E-state index is 12.2. The molecule has 2 N–H and O–H groups in total. The van der Waals surface area contributed by atoms with Crippen LogP contribution in [0.5, 0.6) is 0 Å². The van der Waals surface area contributed by atoms with Gasteiger partial charge in [-0.3, -0.25) is 9.59 Å². The Kier molecular flexibility index (Phi) is 7.59. The summed E-state index contributed by atoms with van der Waals surface area (Å²) in [5.41, 5.74) is 0. The number of piperidine rings is 1. The fourth-order valence-electron chi connectivity index (χ4n) is 2.62. The van der Waals surface area contributed by atoms with Crippen molar-refractivity contribution in [1.29, 1.82) is 0 Å². The summed E-state index contributed by atoms with van der Waals surface area (Å²) in [6.45, 7) is 5.44. The van der Waals surface area contributed by atoms with Gasteiger partial charge in [-0.15, -0.1) is 0 Å². The third kappa shape index (κ3) is 5.49. The molecular formula is C15H28N2O3. The van der Waals surface area contributed by atoms with Crippen molar-refractivity contribution in [2.45, 2.75) is 58.4 Å². The molecule has 5 heteroatoms. The molecule has 2 unspecified atom stereocenters. The van der Waals surface area contributed by atoms with Gasteiger partial charge in [0.2, 0.25) is 11.8 Å². The lowest BCUT2D eigenvalue weighted by Gasteiger charge is -2.32. The minimum atomic E-state index is -0.0823. The molecule has 0 saturated carbocycles. The van der Waals surface area contributed by atoms with E-state index in [0.717, 1.165) is 32.2 Å². The predicted octanol–water partition coefficient (Wildman–Crippen LogP) is 1.30. The van der Waals surface area contributed by atoms with Crippen molar-refractivity contribution in [3.8, 4) is 0 Å². The van der Waals surface area contributed by atoms with Gasteiger partial charge in [0.1, 0.15) is 0 Å². The zero-order valence-electron chi connectivity index (χ0n) is 12.7. The van der Waals surface area contributed by atoms with Gasteiger partial charge in [-0.2, -0.15) is 0 Å². The number of aliphatic hydroxyl groups is 1. The monoisotopic (exact) mass is 284 g/mol. The number of hydrogen-bond acceptors (Lipinski definition) is 3. The van der Waals surface area contributed by atoms with Gasteiger partial charge >= 0.3 is 0 Å². The van der Waals surface area contributed by atoms with Crippen LogP contribution in [0.2, 0.25) is 0 Å². The lowest BCUT2D eigenvalue weighted by Crippen LogP contribution is -2.47. The van der Waals surface area contributed by atoms with Crippen LogP contribution < -0.4 is 5.32 Å². The average Bonchev–Trinajstić information content (AvgIpc) is 2.45. The van der Waals surface area contributed by atoms with E-state index in [0.29, 0.717) is 19.4 Å². The van der Waals surface area contributed by atoms with Crippen molar-refractivity contribution in [1.82, 2.24) is 10.2 Å². The first-order chi connectivity index (χ1) is 9.58. The highest BCUT2D eigenvalue weighted by atomic mass is 16.3. The molecular weight excluding hydrogens is 256 g/mol. The van der Waals surface area contributed by atoms with E-state index >= 15 is 0 Å². The number of carbonyl (C=O) groups excluding carboxylic acids is 2. The van der Waals surface area contributed by atoms with Crippen molar-refractivity contribution >= 4 is 11.8 Å². The summed E-state index contributed by atoms with van der Waals surface area (Å²) in [6.07, 6.45) is 4.67. The molecule has 1 aliphatic heterocycles. The number of amides is 2. The quantitative estimate of drug-likeness (QED) is 0.740. The van der Waals surface area contributed by atoms with Crippen molar-refractivity contribution in [3.05, 3.63) is 0 Å². The van der Waals surface area contributed by atoms with Crippen LogP contribution in [0.4, 0.5) is 0 Å². The minimum absolute atomic E-state index is 0.0458. The normalized spacial score (nSPS) is 20.6. The molecule has 2 amide bonds. The Morgan fingerprint density at radius 1 is 1.45 bits per heavy atom. The number of likely N-dealkylation sites (tertiary alicyclic amines) is 1. The molecule has 0 bridgehead atoms. The lowest BCUT2D eigenvalue weighted by molar-refractivity contribution is -0.135. The molecule has 0 aliphatic carbocycles. The fraction of sp³-hybridized carbons (Fsp3) is 0.867. The van der Waals surface area contributed by atoms with Gasteiger partial charge in [0.25, 0.3) is 0 Å². The average molecular weight is 284 g/mol. The van der Waals surface area contributed by atoms with E-state index in [4.69, 9.17) is 5.11 Å². The van der Waals surface area contributed by atoms with E-state index < -0.39 is 0 Å². The Bertz CT molecular complexity index is 320. The third-order valence-electron chi connectivity index (χ3n) is 3.79. The van der Waals surface area contributed by atoms with Crippen LogP contribution >= 0.6 is 0 Å². The zero-order valence-corrected chi connectivity index (χ0v) is 12.7. The van der Waals surface area contributed by atoms with E-state index in [-0.39, 0.29) is 30.4 Å². The van der Waals surface area contributed by atoms with E-state index in [2.05, 4.69) is 5.32 Å². The molecule has 1 fully saturated rings. The number of rotatable bonds is 7. The van der Waals surface area contributed by atoms with Gasteiger partial charge in [0.15, 0.2) is 0 Å². The maximum atomic E-state index is 12.2. The molecule has 0 aromatic carbocycles. The molecule has 116 valence electrons. The fourth-order valence-corrected chi connectivity index (χ4v) is 2.62. The second kappa shape index (κ2) is 8.95. The zero-order chi connectivity index (χ0) is 15.0. The van der Waals surface area contributed by atoms with E-state index in [1.807, 2.05) is 18.7 Å². The standard InChI is InChI=1S/C15H28N2O3/c1-3-6-14(19)17-9-4-8-13(11-17)15(20)16-12(2)7-5-10-18/h12-13,18H,3-11H2,1-2H3,(H,16,20). The summed E-state index contributed by atoms with van der Waals surface area (Å²) in [5.74, 6) is 0.129. The van der Waals surface area contributed by atoms with Crippen LogP contribution in [-0.2, 0) is 9.59 Å². The second-order valence-corrected chi connectivity index (χ2v) is 5.70. The van der Waals surface area contributed by atoms with Crippen molar-refractivity contribution < 1.29 is 14.7 Å². The number of carbonyl (C=O) groups is 2. The van der Waals surface area contributed by atoms with Crippen LogP contribution in [0.15, 0.2) is 0 Å². The van der Waals surface area contributed by atoms with E-state index in [1.165, 1.54) is 0 Å². The SMILES string of the molecule is CCCC(=O)N1CCCC(C(=O)NC(C)CCCO)C1. The molecule has 0 radical (unpaired) electrons. The first-order valence-electron chi connectivity index (χ1n) is 7.77. The van der Waals surface area contributed by atoms with Gasteiger partial charge in [-0.25, -0.2) is 0 Å². The van der Waals surface area contributed by atoms with Crippen molar-refractivity contribution in [2.75, 3.05) is 19.7 Å². The largest absolute Gasteiger partial charge is 0.396 e. The summed E-state index contributed by atoms with van der Waals surface area (Å²) < 4.78 is 0. The summed E-state index contributed by atoms with van der Waals surface area (Å²) in [4.78, 5) is 25.9. The van der Waals surface area contributed by atoms with Gasteiger partial charge in [-0.1, -0.05) is 6.92 Å².